The summed E-state index contributed by atoms with van der Waals surface area (Å²) in [4.78, 5) is 0. The van der Waals surface area contributed by atoms with Gasteiger partial charge in [0.05, 0.1) is 5.71 Å². The van der Waals surface area contributed by atoms with E-state index in [1.54, 1.807) is 25.1 Å². The van der Waals surface area contributed by atoms with Crippen LogP contribution in [0.3, 0.4) is 0 Å². The van der Waals surface area contributed by atoms with Crippen LogP contribution >= 0.6 is 12.2 Å². The molecule has 2 N–H and O–H groups in total. The third kappa shape index (κ3) is 4.48. The normalized spacial score (nSPS) is 11.5. The quantitative estimate of drug-likeness (QED) is 0.493. The van der Waals surface area contributed by atoms with Crippen LogP contribution in [0.4, 0.5) is 4.39 Å². The number of benzene rings is 1. The Bertz CT molecular complexity index is 430. The molecule has 0 spiro atoms. The van der Waals surface area contributed by atoms with Crippen LogP contribution in [0.15, 0.2) is 29.4 Å². The number of nitrogens with one attached hydrogen (secondary N) is 2. The summed E-state index contributed by atoms with van der Waals surface area (Å²) in [6, 6.07) is 6.72. The van der Waals surface area contributed by atoms with Crippen LogP contribution in [0, 0.1) is 5.82 Å². The molecule has 3 nitrogen and oxygen atoms in total. The lowest BCUT2D eigenvalue weighted by Gasteiger charge is -2.10. The number of nitrogens with zero attached hydrogens (tertiary/aromatic N) is 1. The highest BCUT2D eigenvalue weighted by Crippen LogP contribution is 2.07. The summed E-state index contributed by atoms with van der Waals surface area (Å²) in [6.45, 7) is 5.67. The number of hydrazone groups is 1. The first-order chi connectivity index (χ1) is 8.00. The highest BCUT2D eigenvalue weighted by atomic mass is 32.1. The number of hydrogen-bond acceptors (Lipinski definition) is 2. The summed E-state index contributed by atoms with van der Waals surface area (Å²) in [5.41, 5.74) is 3.70. The van der Waals surface area contributed by atoms with Crippen molar-refractivity contribution in [2.75, 3.05) is 0 Å². The monoisotopic (exact) mass is 253 g/mol. The van der Waals surface area contributed by atoms with E-state index in [-0.39, 0.29) is 11.9 Å². The molecular formula is C12H16FN3S. The van der Waals surface area contributed by atoms with Gasteiger partial charge >= 0.3 is 0 Å². The van der Waals surface area contributed by atoms with E-state index in [4.69, 9.17) is 12.2 Å². The Morgan fingerprint density at radius 2 is 2.00 bits per heavy atom. The zero-order valence-electron chi connectivity index (χ0n) is 10.1. The van der Waals surface area contributed by atoms with Crippen molar-refractivity contribution >= 4 is 23.0 Å². The number of rotatable bonds is 3. The summed E-state index contributed by atoms with van der Waals surface area (Å²) < 4.78 is 13.4. The molecule has 0 aliphatic carbocycles. The van der Waals surface area contributed by atoms with E-state index in [9.17, 15) is 4.39 Å². The average molecular weight is 253 g/mol. The third-order valence-electron chi connectivity index (χ3n) is 2.01. The molecule has 0 unspecified atom stereocenters. The van der Waals surface area contributed by atoms with Crippen molar-refractivity contribution in [3.05, 3.63) is 35.6 Å². The van der Waals surface area contributed by atoms with Gasteiger partial charge in [-0.1, -0.05) is 18.2 Å². The minimum atomic E-state index is -0.293. The second-order valence-corrected chi connectivity index (χ2v) is 4.33. The molecule has 0 aromatic heterocycles. The van der Waals surface area contributed by atoms with Crippen molar-refractivity contribution in [1.82, 2.24) is 10.7 Å². The highest BCUT2D eigenvalue weighted by Gasteiger charge is 2.04. The standard InChI is InChI=1S/C12H16FN3S/c1-8(2)14-12(17)16-15-9(3)10-6-4-5-7-11(10)13/h4-8H,1-3H3,(H2,14,16,17)/b15-9-. The van der Waals surface area contributed by atoms with Crippen LogP contribution in [0.2, 0.25) is 0 Å². The predicted octanol–water partition coefficient (Wildman–Crippen LogP) is 2.42. The first-order valence-corrected chi connectivity index (χ1v) is 5.77. The minimum Gasteiger partial charge on any atom is -0.359 e. The predicted molar refractivity (Wildman–Crippen MR) is 72.6 cm³/mol. The molecule has 0 bridgehead atoms. The first-order valence-electron chi connectivity index (χ1n) is 5.36. The fraction of sp³-hybridized carbons (Fsp3) is 0.333. The summed E-state index contributed by atoms with van der Waals surface area (Å²) in [5.74, 6) is -0.293. The first kappa shape index (κ1) is 13.6. The number of thiocarbonyl (C=S) groups is 1. The van der Waals surface area contributed by atoms with Gasteiger partial charge in [0.25, 0.3) is 0 Å². The maximum absolute atomic E-state index is 13.4. The van der Waals surface area contributed by atoms with Crippen LogP contribution in [-0.4, -0.2) is 16.9 Å². The Hall–Kier alpha value is -1.49. The third-order valence-corrected chi connectivity index (χ3v) is 2.22. The van der Waals surface area contributed by atoms with E-state index in [0.717, 1.165) is 0 Å². The molecule has 0 amide bonds. The summed E-state index contributed by atoms with van der Waals surface area (Å²) >= 11 is 5.01. The Labute approximate surface area is 106 Å². The van der Waals surface area contributed by atoms with Crippen molar-refractivity contribution in [3.63, 3.8) is 0 Å². The lowest BCUT2D eigenvalue weighted by atomic mass is 10.1. The average Bonchev–Trinajstić information content (AvgIpc) is 2.25. The van der Waals surface area contributed by atoms with Gasteiger partial charge in [-0.3, -0.25) is 5.43 Å². The van der Waals surface area contributed by atoms with Gasteiger partial charge < -0.3 is 5.32 Å². The topological polar surface area (TPSA) is 36.4 Å². The van der Waals surface area contributed by atoms with Crippen LogP contribution in [0.1, 0.15) is 26.3 Å². The molecule has 1 aromatic carbocycles. The Morgan fingerprint density at radius 3 is 2.59 bits per heavy atom. The highest BCUT2D eigenvalue weighted by molar-refractivity contribution is 7.80. The Morgan fingerprint density at radius 1 is 1.35 bits per heavy atom. The van der Waals surface area contributed by atoms with Crippen molar-refractivity contribution in [2.45, 2.75) is 26.8 Å². The Kier molecular flexibility index (Phi) is 5.03. The summed E-state index contributed by atoms with van der Waals surface area (Å²) in [5, 5.41) is 7.44. The van der Waals surface area contributed by atoms with E-state index >= 15 is 0 Å². The van der Waals surface area contributed by atoms with Crippen LogP contribution in [0.25, 0.3) is 0 Å². The molecule has 5 heteroatoms. The van der Waals surface area contributed by atoms with Crippen molar-refractivity contribution in [1.29, 1.82) is 0 Å². The molecule has 0 saturated carbocycles. The smallest absolute Gasteiger partial charge is 0.187 e. The molecule has 92 valence electrons. The number of hydrogen-bond donors (Lipinski definition) is 2. The molecule has 0 aliphatic rings. The van der Waals surface area contributed by atoms with Gasteiger partial charge in [0.1, 0.15) is 5.82 Å². The van der Waals surface area contributed by atoms with Crippen molar-refractivity contribution in [2.24, 2.45) is 5.10 Å². The molecule has 0 atom stereocenters. The van der Waals surface area contributed by atoms with E-state index < -0.39 is 0 Å². The molecule has 0 heterocycles. The molecular weight excluding hydrogens is 237 g/mol. The van der Waals surface area contributed by atoms with Crippen molar-refractivity contribution < 1.29 is 4.39 Å². The maximum Gasteiger partial charge on any atom is 0.187 e. The minimum absolute atomic E-state index is 0.235. The molecule has 1 rings (SSSR count). The van der Waals surface area contributed by atoms with E-state index in [1.165, 1.54) is 6.07 Å². The van der Waals surface area contributed by atoms with Gasteiger partial charge in [-0.05, 0) is 39.1 Å². The van der Waals surface area contributed by atoms with Crippen LogP contribution < -0.4 is 10.7 Å². The summed E-state index contributed by atoms with van der Waals surface area (Å²) in [6.07, 6.45) is 0. The molecule has 0 aliphatic heterocycles. The largest absolute Gasteiger partial charge is 0.359 e. The molecule has 0 radical (unpaired) electrons. The maximum atomic E-state index is 13.4. The van der Waals surface area contributed by atoms with E-state index in [0.29, 0.717) is 16.4 Å². The van der Waals surface area contributed by atoms with Gasteiger partial charge in [0, 0.05) is 11.6 Å². The molecule has 1 aromatic rings. The van der Waals surface area contributed by atoms with Gasteiger partial charge in [-0.2, -0.15) is 5.10 Å². The Balaban J connectivity index is 2.68. The van der Waals surface area contributed by atoms with Gasteiger partial charge in [-0.25, -0.2) is 4.39 Å². The van der Waals surface area contributed by atoms with Crippen molar-refractivity contribution in [3.8, 4) is 0 Å². The number of halogens is 1. The van der Waals surface area contributed by atoms with Crippen LogP contribution in [0.5, 0.6) is 0 Å². The zero-order chi connectivity index (χ0) is 12.8. The second-order valence-electron chi connectivity index (χ2n) is 3.92. The van der Waals surface area contributed by atoms with E-state index in [2.05, 4.69) is 15.8 Å². The van der Waals surface area contributed by atoms with Gasteiger partial charge in [0.2, 0.25) is 0 Å². The fourth-order valence-electron chi connectivity index (χ4n) is 1.24. The van der Waals surface area contributed by atoms with E-state index in [1.807, 2.05) is 13.8 Å². The zero-order valence-corrected chi connectivity index (χ0v) is 10.9. The second kappa shape index (κ2) is 6.30. The summed E-state index contributed by atoms with van der Waals surface area (Å²) in [7, 11) is 0. The lowest BCUT2D eigenvalue weighted by Crippen LogP contribution is -2.37. The van der Waals surface area contributed by atoms with Gasteiger partial charge in [0.15, 0.2) is 5.11 Å². The van der Waals surface area contributed by atoms with Gasteiger partial charge in [-0.15, -0.1) is 0 Å². The SMILES string of the molecule is C/C(=N/NC(=S)NC(C)C)c1ccccc1F. The molecule has 0 saturated heterocycles. The van der Waals surface area contributed by atoms with Crippen LogP contribution in [-0.2, 0) is 0 Å². The molecule has 0 fully saturated rings. The lowest BCUT2D eigenvalue weighted by molar-refractivity contribution is 0.625. The fourth-order valence-corrected chi connectivity index (χ4v) is 1.53. The molecule has 17 heavy (non-hydrogen) atoms.